The van der Waals surface area contributed by atoms with Crippen LogP contribution >= 0.6 is 0 Å². The van der Waals surface area contributed by atoms with E-state index in [2.05, 4.69) is 10.6 Å². The van der Waals surface area contributed by atoms with Crippen molar-refractivity contribution < 1.29 is 14.4 Å². The average molecular weight is 197 g/mol. The summed E-state index contributed by atoms with van der Waals surface area (Å²) in [6.07, 6.45) is 0.400. The second kappa shape index (κ2) is 3.28. The first-order valence-corrected chi connectivity index (χ1v) is 4.51. The maximum atomic E-state index is 11.2. The molecule has 2 N–H and O–H groups in total. The van der Waals surface area contributed by atoms with Crippen molar-refractivity contribution in [3.8, 4) is 0 Å². The summed E-state index contributed by atoms with van der Waals surface area (Å²) in [6.45, 7) is 0.965. The number of imide groups is 1. The van der Waals surface area contributed by atoms with E-state index < -0.39 is 0 Å². The molecule has 2 rings (SSSR count). The largest absolute Gasteiger partial charge is 0.356 e. The number of amides is 4. The van der Waals surface area contributed by atoms with Gasteiger partial charge in [-0.3, -0.25) is 14.5 Å². The van der Waals surface area contributed by atoms with Crippen LogP contribution in [0, 0.1) is 5.92 Å². The van der Waals surface area contributed by atoms with Crippen LogP contribution in [0.5, 0.6) is 0 Å². The fourth-order valence-corrected chi connectivity index (χ4v) is 1.69. The van der Waals surface area contributed by atoms with E-state index in [1.807, 2.05) is 0 Å². The Balaban J connectivity index is 1.93. The van der Waals surface area contributed by atoms with Crippen molar-refractivity contribution in [3.05, 3.63) is 0 Å². The first-order chi connectivity index (χ1) is 6.66. The second-order valence-corrected chi connectivity index (χ2v) is 3.54. The standard InChI is InChI=1S/C8H11N3O3/c12-6-1-5(2-9-6)4-11-7(13)3-10-8(11)14/h5H,1-4H2,(H,9,12)(H,10,14). The molecule has 4 amide bonds. The van der Waals surface area contributed by atoms with Gasteiger partial charge in [0.15, 0.2) is 0 Å². The Bertz CT molecular complexity index is 286. The Hall–Kier alpha value is -1.59. The number of hydrogen-bond acceptors (Lipinski definition) is 3. The van der Waals surface area contributed by atoms with Crippen molar-refractivity contribution in [1.29, 1.82) is 0 Å². The van der Waals surface area contributed by atoms with E-state index in [0.717, 1.165) is 0 Å². The van der Waals surface area contributed by atoms with Gasteiger partial charge in [-0.1, -0.05) is 0 Å². The molecular weight excluding hydrogens is 186 g/mol. The maximum Gasteiger partial charge on any atom is 0.324 e. The minimum Gasteiger partial charge on any atom is -0.356 e. The molecule has 0 spiro atoms. The molecule has 0 aromatic rings. The fourth-order valence-electron chi connectivity index (χ4n) is 1.69. The number of nitrogens with zero attached hydrogens (tertiary/aromatic N) is 1. The van der Waals surface area contributed by atoms with Gasteiger partial charge in [-0.25, -0.2) is 4.79 Å². The summed E-state index contributed by atoms with van der Waals surface area (Å²) in [5.41, 5.74) is 0. The first kappa shape index (κ1) is 8.98. The zero-order valence-corrected chi connectivity index (χ0v) is 7.58. The predicted molar refractivity (Wildman–Crippen MR) is 46.2 cm³/mol. The average Bonchev–Trinajstić information content (AvgIpc) is 2.67. The quantitative estimate of drug-likeness (QED) is 0.538. The SMILES string of the molecule is O=C1CC(CN2C(=O)CNC2=O)CN1. The molecule has 14 heavy (non-hydrogen) atoms. The highest BCUT2D eigenvalue weighted by atomic mass is 16.2. The monoisotopic (exact) mass is 197 g/mol. The lowest BCUT2D eigenvalue weighted by atomic mass is 10.1. The van der Waals surface area contributed by atoms with Gasteiger partial charge >= 0.3 is 6.03 Å². The van der Waals surface area contributed by atoms with Crippen LogP contribution in [0.2, 0.25) is 0 Å². The number of nitrogens with one attached hydrogen (secondary N) is 2. The Labute approximate surface area is 80.6 Å². The molecule has 2 fully saturated rings. The van der Waals surface area contributed by atoms with Gasteiger partial charge in [0.2, 0.25) is 11.8 Å². The van der Waals surface area contributed by atoms with E-state index in [-0.39, 0.29) is 30.3 Å². The third-order valence-electron chi connectivity index (χ3n) is 2.44. The van der Waals surface area contributed by atoms with Gasteiger partial charge in [0.25, 0.3) is 0 Å². The van der Waals surface area contributed by atoms with Gasteiger partial charge in [-0.15, -0.1) is 0 Å². The molecule has 6 nitrogen and oxygen atoms in total. The number of carbonyl (C=O) groups is 3. The topological polar surface area (TPSA) is 78.5 Å². The highest BCUT2D eigenvalue weighted by molar-refractivity contribution is 6.02. The van der Waals surface area contributed by atoms with Crippen LogP contribution < -0.4 is 10.6 Å². The lowest BCUT2D eigenvalue weighted by molar-refractivity contribution is -0.125. The summed E-state index contributed by atoms with van der Waals surface area (Å²) in [4.78, 5) is 34.4. The zero-order chi connectivity index (χ0) is 10.1. The van der Waals surface area contributed by atoms with Crippen LogP contribution in [0.4, 0.5) is 4.79 Å². The van der Waals surface area contributed by atoms with E-state index in [4.69, 9.17) is 0 Å². The van der Waals surface area contributed by atoms with Crippen LogP contribution in [0.15, 0.2) is 0 Å². The van der Waals surface area contributed by atoms with Gasteiger partial charge in [0, 0.05) is 25.4 Å². The number of rotatable bonds is 2. The summed E-state index contributed by atoms with van der Waals surface area (Å²) in [5.74, 6) is -0.160. The number of carbonyl (C=O) groups excluding carboxylic acids is 3. The Morgan fingerprint density at radius 2 is 2.07 bits per heavy atom. The smallest absolute Gasteiger partial charge is 0.324 e. The van der Waals surface area contributed by atoms with Gasteiger partial charge in [0.1, 0.15) is 0 Å². The minimum absolute atomic E-state index is 0.0120. The molecule has 2 heterocycles. The zero-order valence-electron chi connectivity index (χ0n) is 7.58. The van der Waals surface area contributed by atoms with Crippen molar-refractivity contribution in [2.45, 2.75) is 6.42 Å². The lowest BCUT2D eigenvalue weighted by Gasteiger charge is -2.15. The minimum atomic E-state index is -0.352. The van der Waals surface area contributed by atoms with Crippen LogP contribution in [0.3, 0.4) is 0 Å². The Morgan fingerprint density at radius 3 is 2.57 bits per heavy atom. The summed E-state index contributed by atoms with van der Waals surface area (Å²) in [7, 11) is 0. The van der Waals surface area contributed by atoms with Gasteiger partial charge in [-0.2, -0.15) is 0 Å². The molecule has 1 atom stereocenters. The van der Waals surface area contributed by atoms with Gasteiger partial charge in [0.05, 0.1) is 6.54 Å². The van der Waals surface area contributed by atoms with Gasteiger partial charge in [-0.05, 0) is 0 Å². The number of urea groups is 1. The van der Waals surface area contributed by atoms with E-state index in [1.54, 1.807) is 0 Å². The third kappa shape index (κ3) is 1.55. The molecule has 6 heteroatoms. The molecule has 1 unspecified atom stereocenters. The maximum absolute atomic E-state index is 11.2. The van der Waals surface area contributed by atoms with E-state index in [9.17, 15) is 14.4 Å². The number of hydrogen-bond donors (Lipinski definition) is 2. The molecule has 76 valence electrons. The first-order valence-electron chi connectivity index (χ1n) is 4.51. The predicted octanol–water partition coefficient (Wildman–Crippen LogP) is -1.33. The summed E-state index contributed by atoms with van der Waals surface area (Å²) in [5, 5.41) is 5.10. The molecule has 2 saturated heterocycles. The van der Waals surface area contributed by atoms with E-state index >= 15 is 0 Å². The Morgan fingerprint density at radius 1 is 1.29 bits per heavy atom. The van der Waals surface area contributed by atoms with Crippen LogP contribution in [-0.4, -0.2) is 42.4 Å². The molecule has 0 aromatic carbocycles. The molecule has 0 aromatic heterocycles. The molecule has 0 saturated carbocycles. The molecule has 0 aliphatic carbocycles. The van der Waals surface area contributed by atoms with Crippen molar-refractivity contribution in [3.63, 3.8) is 0 Å². The van der Waals surface area contributed by atoms with Gasteiger partial charge < -0.3 is 10.6 Å². The van der Waals surface area contributed by atoms with Crippen molar-refractivity contribution in [2.75, 3.05) is 19.6 Å². The molecular formula is C8H11N3O3. The lowest BCUT2D eigenvalue weighted by Crippen LogP contribution is -2.36. The van der Waals surface area contributed by atoms with Crippen molar-refractivity contribution in [1.82, 2.24) is 15.5 Å². The van der Waals surface area contributed by atoms with Crippen LogP contribution in [0.25, 0.3) is 0 Å². The highest BCUT2D eigenvalue weighted by Gasteiger charge is 2.32. The van der Waals surface area contributed by atoms with E-state index in [1.165, 1.54) is 4.90 Å². The summed E-state index contributed by atoms with van der Waals surface area (Å²) in [6, 6.07) is -0.352. The van der Waals surface area contributed by atoms with E-state index in [0.29, 0.717) is 19.5 Å². The van der Waals surface area contributed by atoms with Crippen molar-refractivity contribution >= 4 is 17.8 Å². The summed E-state index contributed by atoms with van der Waals surface area (Å²) >= 11 is 0. The fraction of sp³-hybridized carbons (Fsp3) is 0.625. The normalized spacial score (nSPS) is 26.7. The highest BCUT2D eigenvalue weighted by Crippen LogP contribution is 2.12. The second-order valence-electron chi connectivity index (χ2n) is 3.54. The molecule has 0 radical (unpaired) electrons. The molecule has 2 aliphatic rings. The van der Waals surface area contributed by atoms with Crippen molar-refractivity contribution in [2.24, 2.45) is 5.92 Å². The van der Waals surface area contributed by atoms with Crippen LogP contribution in [-0.2, 0) is 9.59 Å². The molecule has 2 aliphatic heterocycles. The Kier molecular flexibility index (Phi) is 2.11. The summed E-state index contributed by atoms with van der Waals surface area (Å²) < 4.78 is 0. The van der Waals surface area contributed by atoms with Crippen LogP contribution in [0.1, 0.15) is 6.42 Å². The third-order valence-corrected chi connectivity index (χ3v) is 2.44. The molecule has 0 bridgehead atoms.